The summed E-state index contributed by atoms with van der Waals surface area (Å²) in [4.78, 5) is 63.4. The third kappa shape index (κ3) is 4.35. The Morgan fingerprint density at radius 3 is 1.59 bits per heavy atom. The van der Waals surface area contributed by atoms with Crippen molar-refractivity contribution >= 4 is 46.7 Å². The Morgan fingerprint density at radius 2 is 1.19 bits per heavy atom. The van der Waals surface area contributed by atoms with Gasteiger partial charge in [0.25, 0.3) is 23.6 Å². The van der Waals surface area contributed by atoms with Gasteiger partial charge in [-0.2, -0.15) is 0 Å². The third-order valence-electron chi connectivity index (χ3n) is 5.96. The first-order valence-corrected chi connectivity index (χ1v) is 11.6. The number of nitrogens with zero attached hydrogens (tertiary/aromatic N) is 2. The number of nitrogens with one attached hydrogen (secondary N) is 1. The number of carbonyl (C=O) groups is 5. The van der Waals surface area contributed by atoms with Crippen molar-refractivity contribution in [1.82, 2.24) is 5.32 Å². The SMILES string of the molecule is CC(C)(C)OC(=O)NCC=C1c2cc(N3C(=O)C=CC3=O)ccc2-c2ccc(N3C(=O)C=CC3=O)cc21. The second kappa shape index (κ2) is 8.70. The van der Waals surface area contributed by atoms with Gasteiger partial charge in [0.2, 0.25) is 0 Å². The molecule has 5 amide bonds. The number of fused-ring (bicyclic) bond motifs is 3. The fourth-order valence-electron chi connectivity index (χ4n) is 4.48. The summed E-state index contributed by atoms with van der Waals surface area (Å²) in [5, 5.41) is 2.70. The molecular formula is C28H23N3O6. The summed E-state index contributed by atoms with van der Waals surface area (Å²) in [6, 6.07) is 10.5. The summed E-state index contributed by atoms with van der Waals surface area (Å²) in [5.74, 6) is -1.73. The number of imide groups is 2. The zero-order valence-corrected chi connectivity index (χ0v) is 20.4. The minimum atomic E-state index is -0.654. The molecule has 0 radical (unpaired) electrons. The van der Waals surface area contributed by atoms with E-state index in [4.69, 9.17) is 4.74 Å². The number of rotatable bonds is 4. The van der Waals surface area contributed by atoms with Gasteiger partial charge in [-0.3, -0.25) is 19.2 Å². The molecule has 0 unspecified atom stereocenters. The van der Waals surface area contributed by atoms with E-state index in [1.54, 1.807) is 51.1 Å². The third-order valence-corrected chi connectivity index (χ3v) is 5.96. The second-order valence-electron chi connectivity index (χ2n) is 9.65. The van der Waals surface area contributed by atoms with E-state index in [1.165, 1.54) is 24.3 Å². The summed E-state index contributed by atoms with van der Waals surface area (Å²) in [6.45, 7) is 5.43. The number of carbonyl (C=O) groups excluding carboxylic acids is 5. The van der Waals surface area contributed by atoms with Gasteiger partial charge < -0.3 is 10.1 Å². The number of amides is 5. The van der Waals surface area contributed by atoms with Crippen LogP contribution in [0.4, 0.5) is 16.2 Å². The molecule has 0 fully saturated rings. The zero-order chi connectivity index (χ0) is 26.5. The fraction of sp³-hybridized carbons (Fsp3) is 0.179. The van der Waals surface area contributed by atoms with Crippen molar-refractivity contribution in [2.24, 2.45) is 0 Å². The molecule has 2 aliphatic heterocycles. The molecule has 2 aromatic carbocycles. The number of alkyl carbamates (subject to hydrolysis) is 1. The summed E-state index contributed by atoms with van der Waals surface area (Å²) in [7, 11) is 0. The number of benzene rings is 2. The van der Waals surface area contributed by atoms with Gasteiger partial charge in [-0.25, -0.2) is 14.6 Å². The molecule has 0 bridgehead atoms. The Hall–Kier alpha value is -4.79. The Bertz CT molecular complexity index is 1360. The number of ether oxygens (including phenoxy) is 1. The standard InChI is InChI=1S/C28H23N3O6/c1-28(2,3)37-27(36)29-13-12-20-21-14-16(30-23(32)8-9-24(30)33)4-6-18(21)19-7-5-17(15-22(19)20)31-25(34)10-11-26(31)35/h4-12,14-15H,13H2,1-3H3,(H,29,36). The Balaban J connectivity index is 1.55. The van der Waals surface area contributed by atoms with E-state index in [9.17, 15) is 24.0 Å². The lowest BCUT2D eigenvalue weighted by atomic mass is 10.0. The smallest absolute Gasteiger partial charge is 0.407 e. The Kier molecular flexibility index (Phi) is 5.63. The molecule has 0 atom stereocenters. The predicted octanol–water partition coefficient (Wildman–Crippen LogP) is 3.48. The molecule has 1 aliphatic carbocycles. The highest BCUT2D eigenvalue weighted by molar-refractivity contribution is 6.29. The number of hydrogen-bond donors (Lipinski definition) is 1. The quantitative estimate of drug-likeness (QED) is 0.552. The molecule has 2 heterocycles. The van der Waals surface area contributed by atoms with Gasteiger partial charge in [0.05, 0.1) is 11.4 Å². The maximum absolute atomic E-state index is 12.3. The van der Waals surface area contributed by atoms with Crippen molar-refractivity contribution in [3.05, 3.63) is 77.9 Å². The van der Waals surface area contributed by atoms with Crippen molar-refractivity contribution in [3.63, 3.8) is 0 Å². The molecule has 0 saturated carbocycles. The molecule has 9 nitrogen and oxygen atoms in total. The van der Waals surface area contributed by atoms with Gasteiger partial charge in [0.1, 0.15) is 5.60 Å². The summed E-state index contributed by atoms with van der Waals surface area (Å²) in [5.41, 5.74) is 4.04. The molecule has 0 aromatic heterocycles. The minimum absolute atomic E-state index is 0.129. The first-order chi connectivity index (χ1) is 17.5. The molecule has 2 aromatic rings. The van der Waals surface area contributed by atoms with E-state index in [-0.39, 0.29) is 6.54 Å². The van der Waals surface area contributed by atoms with Crippen LogP contribution in [0.25, 0.3) is 16.7 Å². The van der Waals surface area contributed by atoms with Crippen molar-refractivity contribution in [3.8, 4) is 11.1 Å². The molecule has 0 saturated heterocycles. The lowest BCUT2D eigenvalue weighted by Crippen LogP contribution is -2.32. The predicted molar refractivity (Wildman–Crippen MR) is 136 cm³/mol. The van der Waals surface area contributed by atoms with Crippen LogP contribution in [0.2, 0.25) is 0 Å². The lowest BCUT2D eigenvalue weighted by Gasteiger charge is -2.19. The Labute approximate surface area is 212 Å². The molecule has 3 aliphatic rings. The van der Waals surface area contributed by atoms with Crippen LogP contribution in [0.5, 0.6) is 0 Å². The first kappa shape index (κ1) is 23.9. The van der Waals surface area contributed by atoms with Gasteiger partial charge in [-0.05, 0) is 72.9 Å². The number of anilines is 2. The monoisotopic (exact) mass is 497 g/mol. The van der Waals surface area contributed by atoms with E-state index >= 15 is 0 Å². The first-order valence-electron chi connectivity index (χ1n) is 11.6. The maximum atomic E-state index is 12.3. The average molecular weight is 498 g/mol. The van der Waals surface area contributed by atoms with Gasteiger partial charge in [-0.1, -0.05) is 18.2 Å². The normalized spacial score (nSPS) is 16.0. The van der Waals surface area contributed by atoms with E-state index in [0.29, 0.717) is 16.9 Å². The van der Waals surface area contributed by atoms with Crippen LogP contribution in [-0.2, 0) is 23.9 Å². The van der Waals surface area contributed by atoms with Crippen molar-refractivity contribution in [2.75, 3.05) is 16.3 Å². The van der Waals surface area contributed by atoms with Crippen molar-refractivity contribution < 1.29 is 28.7 Å². The highest BCUT2D eigenvalue weighted by Gasteiger charge is 2.31. The van der Waals surface area contributed by atoms with Gasteiger partial charge in [0, 0.05) is 30.8 Å². The molecule has 186 valence electrons. The molecular weight excluding hydrogens is 474 g/mol. The highest BCUT2D eigenvalue weighted by Crippen LogP contribution is 2.47. The van der Waals surface area contributed by atoms with Gasteiger partial charge >= 0.3 is 6.09 Å². The van der Waals surface area contributed by atoms with E-state index in [0.717, 1.165) is 32.1 Å². The van der Waals surface area contributed by atoms with Crippen LogP contribution in [0, 0.1) is 0 Å². The van der Waals surface area contributed by atoms with Crippen LogP contribution in [0.1, 0.15) is 31.9 Å². The van der Waals surface area contributed by atoms with Crippen molar-refractivity contribution in [1.29, 1.82) is 0 Å². The number of hydrogen-bond acceptors (Lipinski definition) is 6. The summed E-state index contributed by atoms with van der Waals surface area (Å²) in [6.07, 6.45) is 6.09. The van der Waals surface area contributed by atoms with Crippen molar-refractivity contribution in [2.45, 2.75) is 26.4 Å². The van der Waals surface area contributed by atoms with Gasteiger partial charge in [0.15, 0.2) is 0 Å². The summed E-state index contributed by atoms with van der Waals surface area (Å²) < 4.78 is 5.31. The van der Waals surface area contributed by atoms with E-state index in [2.05, 4.69) is 5.32 Å². The topological polar surface area (TPSA) is 113 Å². The second-order valence-corrected chi connectivity index (χ2v) is 9.65. The molecule has 1 N–H and O–H groups in total. The van der Waals surface area contributed by atoms with Crippen LogP contribution in [-0.4, -0.2) is 41.9 Å². The van der Waals surface area contributed by atoms with E-state index in [1.807, 2.05) is 12.1 Å². The lowest BCUT2D eigenvalue weighted by molar-refractivity contribution is -0.121. The molecule has 37 heavy (non-hydrogen) atoms. The average Bonchev–Trinajstić information content (AvgIpc) is 3.44. The molecule has 0 spiro atoms. The van der Waals surface area contributed by atoms with Crippen LogP contribution in [0.3, 0.4) is 0 Å². The van der Waals surface area contributed by atoms with Crippen LogP contribution in [0.15, 0.2) is 66.8 Å². The largest absolute Gasteiger partial charge is 0.444 e. The highest BCUT2D eigenvalue weighted by atomic mass is 16.6. The van der Waals surface area contributed by atoms with E-state index < -0.39 is 35.3 Å². The zero-order valence-electron chi connectivity index (χ0n) is 20.4. The van der Waals surface area contributed by atoms with Crippen LogP contribution >= 0.6 is 0 Å². The molecule has 9 heteroatoms. The van der Waals surface area contributed by atoms with Crippen LogP contribution < -0.4 is 15.1 Å². The van der Waals surface area contributed by atoms with Gasteiger partial charge in [-0.15, -0.1) is 0 Å². The minimum Gasteiger partial charge on any atom is -0.444 e. The maximum Gasteiger partial charge on any atom is 0.407 e. The fourth-order valence-corrected chi connectivity index (χ4v) is 4.48. The molecule has 5 rings (SSSR count). The summed E-state index contributed by atoms with van der Waals surface area (Å²) >= 11 is 0. The Morgan fingerprint density at radius 1 is 0.757 bits per heavy atom.